The van der Waals surface area contributed by atoms with E-state index in [1.165, 1.54) is 31.3 Å². The van der Waals surface area contributed by atoms with Crippen molar-refractivity contribution in [2.75, 3.05) is 5.32 Å². The first-order valence-corrected chi connectivity index (χ1v) is 6.81. The molecule has 0 unspecified atom stereocenters. The molecule has 0 aliphatic carbocycles. The molecule has 2 rings (SSSR count). The maximum Gasteiger partial charge on any atom is 0.405 e. The van der Waals surface area contributed by atoms with Gasteiger partial charge in [-0.2, -0.15) is 4.73 Å². The second kappa shape index (κ2) is 6.91. The molecule has 7 heteroatoms. The van der Waals surface area contributed by atoms with Crippen LogP contribution in [0.1, 0.15) is 17.4 Å². The molecular formula is C15H13ClN2O4. The van der Waals surface area contributed by atoms with E-state index in [2.05, 4.69) is 5.32 Å². The molecule has 1 heterocycles. The quantitative estimate of drug-likeness (QED) is 0.531. The molecule has 6 nitrogen and oxygen atoms in total. The number of nitrogens with zero attached hydrogens (tertiary/aromatic N) is 1. The fourth-order valence-corrected chi connectivity index (χ4v) is 1.84. The van der Waals surface area contributed by atoms with Crippen molar-refractivity contribution < 1.29 is 19.1 Å². The van der Waals surface area contributed by atoms with Gasteiger partial charge in [0, 0.05) is 12.1 Å². The Morgan fingerprint density at radius 3 is 2.59 bits per heavy atom. The van der Waals surface area contributed by atoms with E-state index in [-0.39, 0.29) is 5.69 Å². The van der Waals surface area contributed by atoms with E-state index in [9.17, 15) is 14.8 Å². The smallest absolute Gasteiger partial charge is 0.405 e. The summed E-state index contributed by atoms with van der Waals surface area (Å²) in [4.78, 5) is 23.8. The largest absolute Gasteiger partial charge is 0.618 e. The molecule has 1 aromatic heterocycles. The van der Waals surface area contributed by atoms with Crippen LogP contribution in [0.3, 0.4) is 0 Å². The topological polar surface area (TPSA) is 82.3 Å². The van der Waals surface area contributed by atoms with Crippen molar-refractivity contribution in [3.63, 3.8) is 0 Å². The number of ether oxygens (including phenoxy) is 1. The predicted octanol–water partition coefficient (Wildman–Crippen LogP) is 2.16. The molecule has 0 aliphatic rings. The van der Waals surface area contributed by atoms with Gasteiger partial charge in [-0.3, -0.25) is 4.79 Å². The highest BCUT2D eigenvalue weighted by atomic mass is 35.5. The number of benzene rings is 1. The zero-order valence-corrected chi connectivity index (χ0v) is 12.4. The molecule has 0 bridgehead atoms. The number of aromatic nitrogens is 1. The zero-order valence-electron chi connectivity index (χ0n) is 11.7. The van der Waals surface area contributed by atoms with Crippen molar-refractivity contribution in [2.24, 2.45) is 0 Å². The minimum absolute atomic E-state index is 0.195. The minimum Gasteiger partial charge on any atom is -0.618 e. The average molecular weight is 321 g/mol. The van der Waals surface area contributed by atoms with Crippen LogP contribution in [0.25, 0.3) is 0 Å². The highest BCUT2D eigenvalue weighted by Crippen LogP contribution is 2.20. The van der Waals surface area contributed by atoms with E-state index in [0.717, 1.165) is 0 Å². The number of hydrogen-bond acceptors (Lipinski definition) is 4. The summed E-state index contributed by atoms with van der Waals surface area (Å²) in [5.41, 5.74) is 0.218. The van der Waals surface area contributed by atoms with Crippen molar-refractivity contribution in [3.05, 3.63) is 64.6 Å². The summed E-state index contributed by atoms with van der Waals surface area (Å²) in [7, 11) is 0. The summed E-state index contributed by atoms with van der Waals surface area (Å²) in [5, 5.41) is 14.4. The normalized spacial score (nSPS) is 11.5. The number of rotatable bonds is 4. The average Bonchev–Trinajstić information content (AvgIpc) is 2.49. The van der Waals surface area contributed by atoms with Gasteiger partial charge in [-0.25, -0.2) is 4.79 Å². The fourth-order valence-electron chi connectivity index (χ4n) is 1.66. The van der Waals surface area contributed by atoms with Crippen LogP contribution >= 0.6 is 11.6 Å². The molecule has 0 aliphatic heterocycles. The lowest BCUT2D eigenvalue weighted by molar-refractivity contribution is -0.608. The summed E-state index contributed by atoms with van der Waals surface area (Å²) in [6, 6.07) is 11.0. The lowest BCUT2D eigenvalue weighted by Crippen LogP contribution is -2.37. The van der Waals surface area contributed by atoms with E-state index >= 15 is 0 Å². The molecule has 0 saturated carbocycles. The number of nitrogens with one attached hydrogen (secondary N) is 1. The Hall–Kier alpha value is -2.60. The van der Waals surface area contributed by atoms with Crippen molar-refractivity contribution in [1.82, 2.24) is 0 Å². The molecule has 114 valence electrons. The first-order valence-electron chi connectivity index (χ1n) is 6.43. The Kier molecular flexibility index (Phi) is 4.95. The monoisotopic (exact) mass is 320 g/mol. The van der Waals surface area contributed by atoms with Gasteiger partial charge in [0.05, 0.1) is 10.7 Å². The predicted molar refractivity (Wildman–Crippen MR) is 80.4 cm³/mol. The molecule has 22 heavy (non-hydrogen) atoms. The number of halogens is 1. The van der Waals surface area contributed by atoms with Crippen LogP contribution in [0.15, 0.2) is 48.7 Å². The molecule has 1 aromatic carbocycles. The van der Waals surface area contributed by atoms with Gasteiger partial charge in [0.2, 0.25) is 0 Å². The molecular weight excluding hydrogens is 308 g/mol. The van der Waals surface area contributed by atoms with Gasteiger partial charge >= 0.3 is 11.7 Å². The lowest BCUT2D eigenvalue weighted by atomic mass is 10.3. The van der Waals surface area contributed by atoms with Crippen LogP contribution in [-0.2, 0) is 9.53 Å². The second-order valence-corrected chi connectivity index (χ2v) is 4.84. The Labute approximate surface area is 131 Å². The first kappa shape index (κ1) is 15.8. The number of carbonyl (C=O) groups excluding carboxylic acids is 2. The first-order chi connectivity index (χ1) is 10.5. The number of amides is 1. The van der Waals surface area contributed by atoms with E-state index in [0.29, 0.717) is 15.4 Å². The van der Waals surface area contributed by atoms with Crippen LogP contribution in [0.2, 0.25) is 5.02 Å². The number of carbonyl (C=O) groups is 2. The summed E-state index contributed by atoms with van der Waals surface area (Å²) in [6.45, 7) is 1.40. The van der Waals surface area contributed by atoms with Crippen molar-refractivity contribution in [1.29, 1.82) is 0 Å². The summed E-state index contributed by atoms with van der Waals surface area (Å²) >= 11 is 5.93. The van der Waals surface area contributed by atoms with Gasteiger partial charge in [0.15, 0.2) is 12.3 Å². The molecule has 1 N–H and O–H groups in total. The number of hydrogen-bond donors (Lipinski definition) is 1. The third kappa shape index (κ3) is 3.73. The van der Waals surface area contributed by atoms with Crippen molar-refractivity contribution in [2.45, 2.75) is 13.0 Å². The van der Waals surface area contributed by atoms with E-state index < -0.39 is 18.0 Å². The maximum absolute atomic E-state index is 12.0. The van der Waals surface area contributed by atoms with Gasteiger partial charge in [0.1, 0.15) is 0 Å². The highest BCUT2D eigenvalue weighted by molar-refractivity contribution is 6.33. The summed E-state index contributed by atoms with van der Waals surface area (Å²) in [6.07, 6.45) is 0.0921. The molecule has 2 aromatic rings. The standard InChI is InChI=1S/C15H13ClN2O4/c1-10(14(19)17-12-7-3-2-6-11(12)16)22-15(20)13-8-4-5-9-18(13)21/h2-10H,1H3,(H,17,19)/t10-/m1/s1. The summed E-state index contributed by atoms with van der Waals surface area (Å²) < 4.78 is 5.35. The number of anilines is 1. The second-order valence-electron chi connectivity index (χ2n) is 4.43. The number of para-hydroxylation sites is 1. The van der Waals surface area contributed by atoms with Gasteiger partial charge in [-0.15, -0.1) is 0 Å². The van der Waals surface area contributed by atoms with Crippen LogP contribution in [0.5, 0.6) is 0 Å². The van der Waals surface area contributed by atoms with Crippen LogP contribution in [0, 0.1) is 5.21 Å². The number of pyridine rings is 1. The molecule has 1 atom stereocenters. The third-order valence-electron chi connectivity index (χ3n) is 2.82. The Bertz CT molecular complexity index is 705. The van der Waals surface area contributed by atoms with Gasteiger partial charge in [0.25, 0.3) is 5.91 Å². The number of esters is 1. The van der Waals surface area contributed by atoms with Crippen molar-refractivity contribution in [3.8, 4) is 0 Å². The minimum atomic E-state index is -1.08. The van der Waals surface area contributed by atoms with E-state index in [4.69, 9.17) is 16.3 Å². The molecule has 0 spiro atoms. The van der Waals surface area contributed by atoms with Gasteiger partial charge in [-0.1, -0.05) is 23.7 Å². The van der Waals surface area contributed by atoms with Crippen molar-refractivity contribution >= 4 is 29.2 Å². The van der Waals surface area contributed by atoms with Crippen LogP contribution < -0.4 is 10.0 Å². The molecule has 0 radical (unpaired) electrons. The third-order valence-corrected chi connectivity index (χ3v) is 3.15. The Morgan fingerprint density at radius 1 is 1.23 bits per heavy atom. The zero-order chi connectivity index (χ0) is 16.1. The Morgan fingerprint density at radius 2 is 1.91 bits per heavy atom. The van der Waals surface area contributed by atoms with Gasteiger partial charge < -0.3 is 15.3 Å². The van der Waals surface area contributed by atoms with E-state index in [1.807, 2.05) is 0 Å². The maximum atomic E-state index is 12.0. The lowest BCUT2D eigenvalue weighted by Gasteiger charge is -2.13. The molecule has 0 fully saturated rings. The summed E-state index contributed by atoms with van der Waals surface area (Å²) in [5.74, 6) is -1.42. The molecule has 1 amide bonds. The Balaban J connectivity index is 2.01. The molecule has 0 saturated heterocycles. The van der Waals surface area contributed by atoms with Crippen LogP contribution in [0.4, 0.5) is 5.69 Å². The SMILES string of the molecule is C[C@@H](OC(=O)c1cccc[n+]1[O-])C(=O)Nc1ccccc1Cl. The van der Waals surface area contributed by atoms with Crippen LogP contribution in [-0.4, -0.2) is 18.0 Å². The van der Waals surface area contributed by atoms with Gasteiger partial charge in [-0.05, 0) is 25.1 Å². The fraction of sp³-hybridized carbons (Fsp3) is 0.133. The highest BCUT2D eigenvalue weighted by Gasteiger charge is 2.24. The van der Waals surface area contributed by atoms with E-state index in [1.54, 1.807) is 24.3 Å².